The van der Waals surface area contributed by atoms with Crippen molar-refractivity contribution in [3.63, 3.8) is 0 Å². The van der Waals surface area contributed by atoms with Gasteiger partial charge in [0.15, 0.2) is 0 Å². The number of imidazole rings is 1. The molecule has 1 aromatic carbocycles. The van der Waals surface area contributed by atoms with E-state index in [1.807, 2.05) is 6.07 Å². The maximum Gasteiger partial charge on any atom is 0.319 e. The van der Waals surface area contributed by atoms with Crippen molar-refractivity contribution in [3.8, 4) is 6.07 Å². The molecule has 2 rings (SSSR count). The molecule has 98 valence electrons. The molecule has 0 aliphatic carbocycles. The van der Waals surface area contributed by atoms with Crippen molar-refractivity contribution in [2.75, 3.05) is 5.32 Å². The minimum Gasteiger partial charge on any atom is -0.377 e. The van der Waals surface area contributed by atoms with E-state index in [2.05, 4.69) is 26.2 Å². The minimum absolute atomic E-state index is 0.168. The molecule has 0 aliphatic heterocycles. The van der Waals surface area contributed by atoms with E-state index >= 15 is 0 Å². The van der Waals surface area contributed by atoms with Gasteiger partial charge in [0.05, 0.1) is 18.2 Å². The average molecular weight is 327 g/mol. The Labute approximate surface area is 116 Å². The standard InChI is InChI=1S/C12H9BrF2N4/c13-9-5-8(6-16)1-2-10(9)18-7-11-17-3-4-19(11)12(14)15/h1-5,12,18H,7H2. The van der Waals surface area contributed by atoms with Crippen LogP contribution in [-0.4, -0.2) is 9.55 Å². The van der Waals surface area contributed by atoms with E-state index in [1.165, 1.54) is 12.4 Å². The Kier molecular flexibility index (Phi) is 4.12. The van der Waals surface area contributed by atoms with Crippen LogP contribution >= 0.6 is 15.9 Å². The van der Waals surface area contributed by atoms with Crippen LogP contribution < -0.4 is 5.32 Å². The van der Waals surface area contributed by atoms with Gasteiger partial charge in [0.1, 0.15) is 5.82 Å². The number of rotatable bonds is 4. The first-order valence-corrected chi connectivity index (χ1v) is 6.14. The molecule has 7 heteroatoms. The predicted octanol–water partition coefficient (Wildman–Crippen LogP) is 3.52. The Bertz CT molecular complexity index is 618. The Morgan fingerprint density at radius 1 is 1.47 bits per heavy atom. The lowest BCUT2D eigenvalue weighted by molar-refractivity contribution is 0.0673. The van der Waals surface area contributed by atoms with Gasteiger partial charge >= 0.3 is 6.55 Å². The van der Waals surface area contributed by atoms with E-state index in [-0.39, 0.29) is 12.4 Å². The monoisotopic (exact) mass is 326 g/mol. The molecule has 19 heavy (non-hydrogen) atoms. The summed E-state index contributed by atoms with van der Waals surface area (Å²) >= 11 is 3.31. The highest BCUT2D eigenvalue weighted by atomic mass is 79.9. The molecule has 0 amide bonds. The van der Waals surface area contributed by atoms with Crippen LogP contribution in [0.25, 0.3) is 0 Å². The smallest absolute Gasteiger partial charge is 0.319 e. The molecular weight excluding hydrogens is 318 g/mol. The molecule has 2 aromatic rings. The highest BCUT2D eigenvalue weighted by Crippen LogP contribution is 2.24. The summed E-state index contributed by atoms with van der Waals surface area (Å²) in [6.07, 6.45) is 2.56. The fourth-order valence-corrected chi connectivity index (χ4v) is 2.08. The first-order chi connectivity index (χ1) is 9.11. The van der Waals surface area contributed by atoms with Crippen LogP contribution in [0.3, 0.4) is 0 Å². The Morgan fingerprint density at radius 3 is 2.89 bits per heavy atom. The molecule has 1 aromatic heterocycles. The van der Waals surface area contributed by atoms with Gasteiger partial charge in [-0.15, -0.1) is 0 Å². The molecule has 1 heterocycles. The third-order valence-corrected chi connectivity index (χ3v) is 3.15. The Morgan fingerprint density at radius 2 is 2.26 bits per heavy atom. The van der Waals surface area contributed by atoms with Crippen molar-refractivity contribution in [3.05, 3.63) is 46.5 Å². The number of benzene rings is 1. The molecule has 0 fully saturated rings. The van der Waals surface area contributed by atoms with Crippen LogP contribution in [0, 0.1) is 11.3 Å². The zero-order chi connectivity index (χ0) is 13.8. The lowest BCUT2D eigenvalue weighted by Crippen LogP contribution is -2.09. The summed E-state index contributed by atoms with van der Waals surface area (Å²) in [5, 5.41) is 11.7. The maximum atomic E-state index is 12.6. The lowest BCUT2D eigenvalue weighted by atomic mass is 10.2. The van der Waals surface area contributed by atoms with E-state index in [0.29, 0.717) is 15.7 Å². The Balaban J connectivity index is 2.11. The number of nitrogens with zero attached hydrogens (tertiary/aromatic N) is 3. The summed E-state index contributed by atoms with van der Waals surface area (Å²) in [6, 6.07) is 7.02. The lowest BCUT2D eigenvalue weighted by Gasteiger charge is -2.10. The second-order valence-electron chi connectivity index (χ2n) is 3.69. The van der Waals surface area contributed by atoms with Crippen molar-refractivity contribution in [2.45, 2.75) is 13.1 Å². The van der Waals surface area contributed by atoms with E-state index in [4.69, 9.17) is 5.26 Å². The van der Waals surface area contributed by atoms with Crippen molar-refractivity contribution in [1.29, 1.82) is 5.26 Å². The largest absolute Gasteiger partial charge is 0.377 e. The fourth-order valence-electron chi connectivity index (χ4n) is 1.56. The molecule has 0 unspecified atom stereocenters. The van der Waals surface area contributed by atoms with Gasteiger partial charge in [-0.25, -0.2) is 4.98 Å². The molecule has 0 radical (unpaired) electrons. The van der Waals surface area contributed by atoms with E-state index < -0.39 is 6.55 Å². The van der Waals surface area contributed by atoms with E-state index in [9.17, 15) is 8.78 Å². The summed E-state index contributed by atoms with van der Waals surface area (Å²) in [5.41, 5.74) is 1.23. The molecule has 0 saturated heterocycles. The molecule has 0 atom stereocenters. The van der Waals surface area contributed by atoms with Gasteiger partial charge in [-0.1, -0.05) is 0 Å². The topological polar surface area (TPSA) is 53.6 Å². The highest BCUT2D eigenvalue weighted by molar-refractivity contribution is 9.10. The third-order valence-electron chi connectivity index (χ3n) is 2.49. The molecule has 1 N–H and O–H groups in total. The summed E-state index contributed by atoms with van der Waals surface area (Å²) in [4.78, 5) is 3.87. The zero-order valence-corrected chi connectivity index (χ0v) is 11.2. The number of halogens is 3. The first kappa shape index (κ1) is 13.5. The second-order valence-corrected chi connectivity index (χ2v) is 4.54. The van der Waals surface area contributed by atoms with Crippen LogP contribution in [0.2, 0.25) is 0 Å². The van der Waals surface area contributed by atoms with Crippen LogP contribution in [0.5, 0.6) is 0 Å². The van der Waals surface area contributed by atoms with Gasteiger partial charge in [-0.3, -0.25) is 4.57 Å². The first-order valence-electron chi connectivity index (χ1n) is 5.35. The van der Waals surface area contributed by atoms with Gasteiger partial charge in [-0.2, -0.15) is 14.0 Å². The van der Waals surface area contributed by atoms with Gasteiger partial charge in [0, 0.05) is 22.6 Å². The maximum absolute atomic E-state index is 12.6. The molecule has 0 saturated carbocycles. The fraction of sp³-hybridized carbons (Fsp3) is 0.167. The number of nitriles is 1. The van der Waals surface area contributed by atoms with Crippen LogP contribution in [0.4, 0.5) is 14.5 Å². The van der Waals surface area contributed by atoms with Crippen LogP contribution in [0.15, 0.2) is 35.1 Å². The van der Waals surface area contributed by atoms with Gasteiger partial charge in [0.2, 0.25) is 0 Å². The summed E-state index contributed by atoms with van der Waals surface area (Å²) in [6.45, 7) is -2.44. The quantitative estimate of drug-likeness (QED) is 0.935. The number of hydrogen-bond donors (Lipinski definition) is 1. The van der Waals surface area contributed by atoms with Crippen LogP contribution in [0.1, 0.15) is 17.9 Å². The van der Waals surface area contributed by atoms with Crippen molar-refractivity contribution in [1.82, 2.24) is 9.55 Å². The molecule has 0 spiro atoms. The van der Waals surface area contributed by atoms with E-state index in [1.54, 1.807) is 18.2 Å². The van der Waals surface area contributed by atoms with Gasteiger partial charge in [-0.05, 0) is 34.1 Å². The number of hydrogen-bond acceptors (Lipinski definition) is 3. The number of aromatic nitrogens is 2. The SMILES string of the molecule is N#Cc1ccc(NCc2nccn2C(F)F)c(Br)c1. The third kappa shape index (κ3) is 3.09. The second kappa shape index (κ2) is 5.80. The number of nitrogens with one attached hydrogen (secondary N) is 1. The van der Waals surface area contributed by atoms with Crippen molar-refractivity contribution < 1.29 is 8.78 Å². The number of alkyl halides is 2. The Hall–Kier alpha value is -1.94. The van der Waals surface area contributed by atoms with Gasteiger partial charge in [0.25, 0.3) is 0 Å². The highest BCUT2D eigenvalue weighted by Gasteiger charge is 2.11. The molecular formula is C12H9BrF2N4. The molecule has 4 nitrogen and oxygen atoms in total. The zero-order valence-electron chi connectivity index (χ0n) is 9.65. The van der Waals surface area contributed by atoms with Crippen molar-refractivity contribution in [2.24, 2.45) is 0 Å². The summed E-state index contributed by atoms with van der Waals surface area (Å²) < 4.78 is 26.7. The minimum atomic E-state index is -2.61. The number of anilines is 1. The molecule has 0 aliphatic rings. The summed E-state index contributed by atoms with van der Waals surface area (Å²) in [5.74, 6) is 0.242. The normalized spacial score (nSPS) is 10.5. The predicted molar refractivity (Wildman–Crippen MR) is 69.7 cm³/mol. The molecule has 0 bridgehead atoms. The van der Waals surface area contributed by atoms with Gasteiger partial charge < -0.3 is 5.32 Å². The average Bonchev–Trinajstić information content (AvgIpc) is 2.85. The van der Waals surface area contributed by atoms with Crippen LogP contribution in [-0.2, 0) is 6.54 Å². The van der Waals surface area contributed by atoms with E-state index in [0.717, 1.165) is 4.57 Å². The summed E-state index contributed by atoms with van der Waals surface area (Å²) in [7, 11) is 0. The van der Waals surface area contributed by atoms with Crippen molar-refractivity contribution >= 4 is 21.6 Å².